The van der Waals surface area contributed by atoms with Gasteiger partial charge in [-0.25, -0.2) is 4.79 Å². The van der Waals surface area contributed by atoms with Crippen LogP contribution in [0, 0.1) is 10.1 Å². The predicted octanol–water partition coefficient (Wildman–Crippen LogP) is 4.77. The Morgan fingerprint density at radius 1 is 1.00 bits per heavy atom. The van der Waals surface area contributed by atoms with E-state index in [9.17, 15) is 19.7 Å². The third-order valence-corrected chi connectivity index (χ3v) is 5.93. The van der Waals surface area contributed by atoms with Gasteiger partial charge in [0.15, 0.2) is 11.3 Å². The second-order valence-corrected chi connectivity index (χ2v) is 7.91. The SMILES string of the molecule is COC(=O)[C@]1(c2ccccc2Cl)C=C(C(=O)c2ccccc2)[C@H](c2ccc([N+](=O)[O-])cc2)N1. The summed E-state index contributed by atoms with van der Waals surface area (Å²) in [4.78, 5) is 37.2. The number of carbonyl (C=O) groups excluding carboxylic acids is 2. The molecule has 0 bridgehead atoms. The Bertz CT molecular complexity index is 1260. The lowest BCUT2D eigenvalue weighted by atomic mass is 9.89. The molecule has 0 spiro atoms. The van der Waals surface area contributed by atoms with E-state index in [2.05, 4.69) is 5.32 Å². The molecule has 3 aromatic carbocycles. The van der Waals surface area contributed by atoms with Gasteiger partial charge in [0.1, 0.15) is 0 Å². The van der Waals surface area contributed by atoms with E-state index in [-0.39, 0.29) is 11.5 Å². The zero-order valence-electron chi connectivity index (χ0n) is 17.5. The minimum absolute atomic E-state index is 0.0815. The summed E-state index contributed by atoms with van der Waals surface area (Å²) in [6, 6.07) is 20.6. The third-order valence-electron chi connectivity index (χ3n) is 5.60. The zero-order valence-corrected chi connectivity index (χ0v) is 18.3. The molecule has 0 aromatic heterocycles. The second-order valence-electron chi connectivity index (χ2n) is 7.50. The van der Waals surface area contributed by atoms with Crippen LogP contribution in [-0.2, 0) is 15.1 Å². The lowest BCUT2D eigenvalue weighted by Crippen LogP contribution is -2.46. The van der Waals surface area contributed by atoms with E-state index >= 15 is 0 Å². The van der Waals surface area contributed by atoms with Gasteiger partial charge in [-0.3, -0.25) is 20.2 Å². The summed E-state index contributed by atoms with van der Waals surface area (Å²) in [5.41, 5.74) is 0.147. The molecule has 1 aliphatic heterocycles. The minimum atomic E-state index is -1.53. The summed E-state index contributed by atoms with van der Waals surface area (Å²) in [6.45, 7) is 0. The first-order chi connectivity index (χ1) is 15.9. The molecule has 166 valence electrons. The molecule has 0 unspecified atom stereocenters. The monoisotopic (exact) mass is 462 g/mol. The maximum absolute atomic E-state index is 13.5. The summed E-state index contributed by atoms with van der Waals surface area (Å²) in [5, 5.41) is 14.7. The van der Waals surface area contributed by atoms with E-state index in [4.69, 9.17) is 16.3 Å². The number of halogens is 1. The van der Waals surface area contributed by atoms with E-state index in [1.54, 1.807) is 72.8 Å². The molecule has 8 heteroatoms. The Balaban J connectivity index is 1.90. The number of nitro benzene ring substituents is 1. The molecule has 1 N–H and O–H groups in total. The van der Waals surface area contributed by atoms with Crippen molar-refractivity contribution in [3.05, 3.63) is 122 Å². The number of ether oxygens (including phenoxy) is 1. The van der Waals surface area contributed by atoms with Crippen LogP contribution < -0.4 is 5.32 Å². The van der Waals surface area contributed by atoms with E-state index in [1.165, 1.54) is 19.2 Å². The Morgan fingerprint density at radius 3 is 2.24 bits per heavy atom. The summed E-state index contributed by atoms with van der Waals surface area (Å²) in [6.07, 6.45) is 1.54. The van der Waals surface area contributed by atoms with Gasteiger partial charge in [-0.05, 0) is 17.7 Å². The lowest BCUT2D eigenvalue weighted by molar-refractivity contribution is -0.384. The van der Waals surface area contributed by atoms with Crippen LogP contribution in [0.15, 0.2) is 90.5 Å². The number of nitro groups is 1. The fraction of sp³-hybridized carbons (Fsp3) is 0.120. The number of carbonyl (C=O) groups is 2. The first-order valence-corrected chi connectivity index (χ1v) is 10.4. The van der Waals surface area contributed by atoms with Gasteiger partial charge >= 0.3 is 5.97 Å². The highest BCUT2D eigenvalue weighted by Crippen LogP contribution is 2.43. The summed E-state index contributed by atoms with van der Waals surface area (Å²) < 4.78 is 5.11. The van der Waals surface area contributed by atoms with Crippen molar-refractivity contribution >= 4 is 29.0 Å². The topological polar surface area (TPSA) is 98.5 Å². The minimum Gasteiger partial charge on any atom is -0.467 e. The standard InChI is InChI=1S/C25H19ClN2O5/c1-33-24(30)25(20-9-5-6-10-21(20)26)15-19(23(29)17-7-3-2-4-8-17)22(27-25)16-11-13-18(14-12-16)28(31)32/h2-15,22,27H,1H3/t22-,25+/m0/s1. The van der Waals surface area contributed by atoms with E-state index in [1.807, 2.05) is 0 Å². The molecular weight excluding hydrogens is 444 g/mol. The number of rotatable bonds is 6. The molecule has 1 aliphatic rings. The number of nitrogens with one attached hydrogen (secondary N) is 1. The number of nitrogens with zero attached hydrogens (tertiary/aromatic N) is 1. The van der Waals surface area contributed by atoms with Crippen molar-refractivity contribution in [2.75, 3.05) is 7.11 Å². The third kappa shape index (κ3) is 4.04. The van der Waals surface area contributed by atoms with Crippen molar-refractivity contribution < 1.29 is 19.2 Å². The number of ketones is 1. The van der Waals surface area contributed by atoms with Crippen molar-refractivity contribution in [3.8, 4) is 0 Å². The molecule has 1 heterocycles. The highest BCUT2D eigenvalue weighted by atomic mass is 35.5. The first-order valence-electron chi connectivity index (χ1n) is 10.1. The predicted molar refractivity (Wildman–Crippen MR) is 123 cm³/mol. The second kappa shape index (κ2) is 8.97. The number of Topliss-reactive ketones (excluding diaryl/α,β-unsaturated/α-hetero) is 1. The molecule has 33 heavy (non-hydrogen) atoms. The highest BCUT2D eigenvalue weighted by molar-refractivity contribution is 6.31. The zero-order chi connectivity index (χ0) is 23.6. The Morgan fingerprint density at radius 2 is 1.64 bits per heavy atom. The van der Waals surface area contributed by atoms with Crippen LogP contribution in [0.3, 0.4) is 0 Å². The van der Waals surface area contributed by atoms with Gasteiger partial charge < -0.3 is 4.74 Å². The van der Waals surface area contributed by atoms with Crippen LogP contribution in [0.5, 0.6) is 0 Å². The van der Waals surface area contributed by atoms with E-state index in [0.717, 1.165) is 0 Å². The summed E-state index contributed by atoms with van der Waals surface area (Å²) in [5.74, 6) is -0.928. The van der Waals surface area contributed by atoms with Crippen molar-refractivity contribution in [1.82, 2.24) is 5.32 Å². The molecule has 7 nitrogen and oxygen atoms in total. The van der Waals surface area contributed by atoms with Crippen molar-refractivity contribution in [2.45, 2.75) is 11.6 Å². The van der Waals surface area contributed by atoms with Crippen LogP contribution >= 0.6 is 11.6 Å². The quantitative estimate of drug-likeness (QED) is 0.245. The van der Waals surface area contributed by atoms with E-state index in [0.29, 0.717) is 27.3 Å². The maximum atomic E-state index is 13.5. The fourth-order valence-corrected chi connectivity index (χ4v) is 4.28. The molecule has 0 saturated carbocycles. The normalized spacial score (nSPS) is 19.6. The van der Waals surface area contributed by atoms with Gasteiger partial charge in [-0.1, -0.05) is 72.3 Å². The van der Waals surface area contributed by atoms with Gasteiger partial charge in [0.2, 0.25) is 0 Å². The highest BCUT2D eigenvalue weighted by Gasteiger charge is 2.49. The molecule has 0 saturated heterocycles. The van der Waals surface area contributed by atoms with Crippen LogP contribution in [0.2, 0.25) is 5.02 Å². The van der Waals surface area contributed by atoms with Crippen molar-refractivity contribution in [2.24, 2.45) is 0 Å². The largest absolute Gasteiger partial charge is 0.467 e. The maximum Gasteiger partial charge on any atom is 0.334 e. The van der Waals surface area contributed by atoms with Gasteiger partial charge in [0, 0.05) is 33.9 Å². The lowest BCUT2D eigenvalue weighted by Gasteiger charge is -2.29. The molecule has 0 radical (unpaired) electrons. The first kappa shape index (κ1) is 22.4. The van der Waals surface area contributed by atoms with Gasteiger partial charge in [0.05, 0.1) is 18.1 Å². The molecule has 3 aromatic rings. The van der Waals surface area contributed by atoms with E-state index < -0.39 is 22.5 Å². The average molecular weight is 463 g/mol. The molecule has 0 amide bonds. The van der Waals surface area contributed by atoms with Crippen LogP contribution in [0.25, 0.3) is 0 Å². The Kier molecular flexibility index (Phi) is 6.09. The number of non-ortho nitro benzene ring substituents is 1. The number of benzene rings is 3. The van der Waals surface area contributed by atoms with Gasteiger partial charge in [-0.2, -0.15) is 0 Å². The van der Waals surface area contributed by atoms with Crippen LogP contribution in [0.1, 0.15) is 27.5 Å². The molecule has 4 rings (SSSR count). The summed E-state index contributed by atoms with van der Waals surface area (Å²) in [7, 11) is 1.26. The number of hydrogen-bond acceptors (Lipinski definition) is 6. The number of esters is 1. The van der Waals surface area contributed by atoms with Gasteiger partial charge in [0.25, 0.3) is 5.69 Å². The van der Waals surface area contributed by atoms with Crippen LogP contribution in [-0.4, -0.2) is 23.8 Å². The number of hydrogen-bond donors (Lipinski definition) is 1. The number of methoxy groups -OCH3 is 1. The summed E-state index contributed by atoms with van der Waals surface area (Å²) >= 11 is 6.45. The molecular formula is C25H19ClN2O5. The van der Waals surface area contributed by atoms with Crippen molar-refractivity contribution in [3.63, 3.8) is 0 Å². The fourth-order valence-electron chi connectivity index (χ4n) is 3.99. The average Bonchev–Trinajstić information content (AvgIpc) is 3.25. The Hall–Kier alpha value is -3.81. The molecule has 2 atom stereocenters. The smallest absolute Gasteiger partial charge is 0.334 e. The van der Waals surface area contributed by atoms with Gasteiger partial charge in [-0.15, -0.1) is 0 Å². The Labute approximate surface area is 194 Å². The van der Waals surface area contributed by atoms with Crippen molar-refractivity contribution in [1.29, 1.82) is 0 Å². The molecule has 0 fully saturated rings. The molecule has 0 aliphatic carbocycles. The van der Waals surface area contributed by atoms with Crippen LogP contribution in [0.4, 0.5) is 5.69 Å².